The van der Waals surface area contributed by atoms with Crippen molar-refractivity contribution >= 4 is 17.8 Å². The summed E-state index contributed by atoms with van der Waals surface area (Å²) in [5.74, 6) is 1.64. The van der Waals surface area contributed by atoms with Crippen LogP contribution in [0.2, 0.25) is 0 Å². The van der Waals surface area contributed by atoms with Crippen LogP contribution in [0.25, 0.3) is 0 Å². The number of rotatable bonds is 6. The first kappa shape index (κ1) is 12.2. The molecule has 0 unspecified atom stereocenters. The standard InChI is InChI=1S/C11H17N7/c1-12-9-16-10(13-2)18-11(17-9)15-6-4-8-3-5-14-7-8/h3,5,7,14H,4,6H2,1-2H3,(H3,12,13,15,16,17,18). The summed E-state index contributed by atoms with van der Waals surface area (Å²) in [6.45, 7) is 0.772. The maximum Gasteiger partial charge on any atom is 0.229 e. The fourth-order valence-corrected chi connectivity index (χ4v) is 1.51. The summed E-state index contributed by atoms with van der Waals surface area (Å²) in [6, 6.07) is 2.05. The number of hydrogen-bond donors (Lipinski definition) is 4. The highest BCUT2D eigenvalue weighted by molar-refractivity contribution is 5.41. The van der Waals surface area contributed by atoms with Gasteiger partial charge in [0.25, 0.3) is 0 Å². The quantitative estimate of drug-likeness (QED) is 0.607. The average molecular weight is 247 g/mol. The summed E-state index contributed by atoms with van der Waals surface area (Å²) in [4.78, 5) is 15.6. The lowest BCUT2D eigenvalue weighted by Gasteiger charge is -2.07. The predicted octanol–water partition coefficient (Wildman–Crippen LogP) is 0.938. The number of nitrogens with one attached hydrogen (secondary N) is 4. The lowest BCUT2D eigenvalue weighted by atomic mass is 10.2. The monoisotopic (exact) mass is 247 g/mol. The van der Waals surface area contributed by atoms with Crippen LogP contribution in [0.1, 0.15) is 5.56 Å². The molecular weight excluding hydrogens is 230 g/mol. The predicted molar refractivity (Wildman–Crippen MR) is 71.9 cm³/mol. The Morgan fingerprint density at radius 1 is 1.06 bits per heavy atom. The molecule has 18 heavy (non-hydrogen) atoms. The summed E-state index contributed by atoms with van der Waals surface area (Å²) in [5.41, 5.74) is 1.25. The molecule has 0 saturated heterocycles. The van der Waals surface area contributed by atoms with Crippen molar-refractivity contribution in [3.05, 3.63) is 24.0 Å². The van der Waals surface area contributed by atoms with Gasteiger partial charge < -0.3 is 20.9 Å². The van der Waals surface area contributed by atoms with E-state index in [0.717, 1.165) is 13.0 Å². The highest BCUT2D eigenvalue weighted by atomic mass is 15.3. The van der Waals surface area contributed by atoms with Gasteiger partial charge in [-0.25, -0.2) is 0 Å². The second-order valence-electron chi connectivity index (χ2n) is 3.70. The van der Waals surface area contributed by atoms with Crippen LogP contribution in [0.15, 0.2) is 18.5 Å². The van der Waals surface area contributed by atoms with E-state index < -0.39 is 0 Å². The first-order chi connectivity index (χ1) is 8.81. The third-order valence-corrected chi connectivity index (χ3v) is 2.44. The molecule has 0 aliphatic rings. The lowest BCUT2D eigenvalue weighted by molar-refractivity contribution is 0.966. The van der Waals surface area contributed by atoms with Gasteiger partial charge in [0.15, 0.2) is 0 Å². The van der Waals surface area contributed by atoms with Crippen molar-refractivity contribution in [1.82, 2.24) is 19.9 Å². The van der Waals surface area contributed by atoms with Crippen molar-refractivity contribution < 1.29 is 0 Å². The minimum absolute atomic E-state index is 0.540. The molecule has 0 atom stereocenters. The highest BCUT2D eigenvalue weighted by Gasteiger charge is 2.03. The molecular formula is C11H17N7. The summed E-state index contributed by atoms with van der Waals surface area (Å²) in [7, 11) is 3.55. The Morgan fingerprint density at radius 2 is 1.72 bits per heavy atom. The fourth-order valence-electron chi connectivity index (χ4n) is 1.51. The van der Waals surface area contributed by atoms with Crippen LogP contribution in [-0.4, -0.2) is 40.6 Å². The van der Waals surface area contributed by atoms with Crippen LogP contribution in [0.5, 0.6) is 0 Å². The van der Waals surface area contributed by atoms with Crippen molar-refractivity contribution in [2.24, 2.45) is 0 Å². The van der Waals surface area contributed by atoms with Crippen LogP contribution in [0.4, 0.5) is 17.8 Å². The molecule has 0 amide bonds. The highest BCUT2D eigenvalue weighted by Crippen LogP contribution is 2.08. The van der Waals surface area contributed by atoms with E-state index in [-0.39, 0.29) is 0 Å². The van der Waals surface area contributed by atoms with E-state index in [1.807, 2.05) is 18.5 Å². The Morgan fingerprint density at radius 3 is 2.28 bits per heavy atom. The molecule has 0 spiro atoms. The van der Waals surface area contributed by atoms with Crippen molar-refractivity contribution in [3.8, 4) is 0 Å². The van der Waals surface area contributed by atoms with Gasteiger partial charge >= 0.3 is 0 Å². The molecule has 2 rings (SSSR count). The third kappa shape index (κ3) is 3.09. The summed E-state index contributed by atoms with van der Waals surface area (Å²) in [6.07, 6.45) is 4.81. The molecule has 0 aliphatic carbocycles. The summed E-state index contributed by atoms with van der Waals surface area (Å²) >= 11 is 0. The van der Waals surface area contributed by atoms with E-state index in [2.05, 4.69) is 35.9 Å². The summed E-state index contributed by atoms with van der Waals surface area (Å²) < 4.78 is 0. The zero-order chi connectivity index (χ0) is 12.8. The van der Waals surface area contributed by atoms with Gasteiger partial charge in [0, 0.05) is 33.0 Å². The van der Waals surface area contributed by atoms with E-state index >= 15 is 0 Å². The van der Waals surface area contributed by atoms with Crippen LogP contribution < -0.4 is 16.0 Å². The van der Waals surface area contributed by atoms with Gasteiger partial charge in [-0.1, -0.05) is 0 Å². The largest absolute Gasteiger partial charge is 0.367 e. The minimum Gasteiger partial charge on any atom is -0.367 e. The number of hydrogen-bond acceptors (Lipinski definition) is 6. The van der Waals surface area contributed by atoms with Gasteiger partial charge in [-0.15, -0.1) is 0 Å². The zero-order valence-electron chi connectivity index (χ0n) is 10.5. The van der Waals surface area contributed by atoms with E-state index in [9.17, 15) is 0 Å². The van der Waals surface area contributed by atoms with Gasteiger partial charge in [0.05, 0.1) is 0 Å². The number of nitrogens with zero attached hydrogens (tertiary/aromatic N) is 3. The Balaban J connectivity index is 1.95. The Kier molecular flexibility index (Phi) is 3.95. The summed E-state index contributed by atoms with van der Waals surface area (Å²) in [5, 5.41) is 8.97. The Hall–Kier alpha value is -2.31. The molecule has 0 aliphatic heterocycles. The SMILES string of the molecule is CNc1nc(NC)nc(NCCc2cc[nH]c2)n1. The molecule has 4 N–H and O–H groups in total. The van der Waals surface area contributed by atoms with E-state index in [0.29, 0.717) is 17.8 Å². The van der Waals surface area contributed by atoms with Gasteiger partial charge in [-0.3, -0.25) is 0 Å². The molecule has 7 heteroatoms. The van der Waals surface area contributed by atoms with Crippen molar-refractivity contribution in [2.45, 2.75) is 6.42 Å². The molecule has 0 aromatic carbocycles. The molecule has 0 radical (unpaired) electrons. The van der Waals surface area contributed by atoms with Crippen molar-refractivity contribution in [2.75, 3.05) is 36.6 Å². The molecule has 2 aromatic rings. The molecule has 0 saturated carbocycles. The van der Waals surface area contributed by atoms with E-state index in [4.69, 9.17) is 0 Å². The normalized spacial score (nSPS) is 10.1. The van der Waals surface area contributed by atoms with Crippen LogP contribution >= 0.6 is 0 Å². The molecule has 0 fully saturated rings. The zero-order valence-corrected chi connectivity index (χ0v) is 10.5. The molecule has 2 heterocycles. The number of H-pyrrole nitrogens is 1. The Labute approximate surface area is 105 Å². The van der Waals surface area contributed by atoms with Crippen LogP contribution in [-0.2, 0) is 6.42 Å². The second-order valence-corrected chi connectivity index (χ2v) is 3.70. The van der Waals surface area contributed by atoms with Gasteiger partial charge in [-0.05, 0) is 18.1 Å². The molecule has 0 bridgehead atoms. The number of aromatic amines is 1. The maximum atomic E-state index is 4.23. The van der Waals surface area contributed by atoms with Gasteiger partial charge in [0.1, 0.15) is 0 Å². The maximum absolute atomic E-state index is 4.23. The Bertz CT molecular complexity index is 458. The van der Waals surface area contributed by atoms with E-state index in [1.165, 1.54) is 5.56 Å². The topological polar surface area (TPSA) is 90.5 Å². The lowest BCUT2D eigenvalue weighted by Crippen LogP contribution is -2.11. The smallest absolute Gasteiger partial charge is 0.229 e. The van der Waals surface area contributed by atoms with Gasteiger partial charge in [-0.2, -0.15) is 15.0 Å². The molecule has 7 nitrogen and oxygen atoms in total. The fraction of sp³-hybridized carbons (Fsp3) is 0.364. The first-order valence-electron chi connectivity index (χ1n) is 5.79. The number of aromatic nitrogens is 4. The molecule has 96 valence electrons. The van der Waals surface area contributed by atoms with Gasteiger partial charge in [0.2, 0.25) is 17.8 Å². The van der Waals surface area contributed by atoms with Crippen molar-refractivity contribution in [3.63, 3.8) is 0 Å². The van der Waals surface area contributed by atoms with Crippen LogP contribution in [0.3, 0.4) is 0 Å². The van der Waals surface area contributed by atoms with E-state index in [1.54, 1.807) is 14.1 Å². The first-order valence-corrected chi connectivity index (χ1v) is 5.79. The number of anilines is 3. The second kappa shape index (κ2) is 5.85. The minimum atomic E-state index is 0.540. The third-order valence-electron chi connectivity index (χ3n) is 2.44. The molecule has 2 aromatic heterocycles. The van der Waals surface area contributed by atoms with Crippen LogP contribution in [0, 0.1) is 0 Å². The average Bonchev–Trinajstić information content (AvgIpc) is 2.91. The van der Waals surface area contributed by atoms with Crippen molar-refractivity contribution in [1.29, 1.82) is 0 Å².